The minimum atomic E-state index is -3.62. The van der Waals surface area contributed by atoms with E-state index < -0.39 is 10.0 Å². The molecule has 1 amide bonds. The molecule has 29 heavy (non-hydrogen) atoms. The van der Waals surface area contributed by atoms with E-state index in [0.29, 0.717) is 38.4 Å². The van der Waals surface area contributed by atoms with Gasteiger partial charge in [-0.1, -0.05) is 24.3 Å². The van der Waals surface area contributed by atoms with Gasteiger partial charge in [0.15, 0.2) is 0 Å². The molecule has 0 radical (unpaired) electrons. The Labute approximate surface area is 172 Å². The third kappa shape index (κ3) is 5.56. The SMILES string of the molecule is CN(CCCNC(=O)c1cccc(S(=O)(=O)N2CCOCC2)c1)c1ccccc1. The van der Waals surface area contributed by atoms with Crippen LogP contribution in [0.3, 0.4) is 0 Å². The first kappa shape index (κ1) is 21.3. The summed E-state index contributed by atoms with van der Waals surface area (Å²) in [5, 5.41) is 2.87. The monoisotopic (exact) mass is 417 g/mol. The number of amides is 1. The lowest BCUT2D eigenvalue weighted by Crippen LogP contribution is -2.40. The van der Waals surface area contributed by atoms with Crippen molar-refractivity contribution in [3.8, 4) is 0 Å². The van der Waals surface area contributed by atoms with Gasteiger partial charge in [0.1, 0.15) is 0 Å². The maximum absolute atomic E-state index is 12.8. The zero-order valence-electron chi connectivity index (χ0n) is 16.6. The molecule has 1 saturated heterocycles. The molecule has 0 atom stereocenters. The number of morpholine rings is 1. The van der Waals surface area contributed by atoms with Gasteiger partial charge in [-0.25, -0.2) is 8.42 Å². The Morgan fingerprint density at radius 2 is 1.83 bits per heavy atom. The highest BCUT2D eigenvalue weighted by molar-refractivity contribution is 7.89. The second-order valence-corrected chi connectivity index (χ2v) is 8.85. The molecule has 0 aliphatic carbocycles. The molecule has 0 aromatic heterocycles. The second kappa shape index (κ2) is 9.87. The van der Waals surface area contributed by atoms with Crippen molar-refractivity contribution in [2.75, 3.05) is 51.3 Å². The van der Waals surface area contributed by atoms with Crippen molar-refractivity contribution in [2.45, 2.75) is 11.3 Å². The molecule has 1 aliphatic heterocycles. The Morgan fingerprint density at radius 3 is 2.55 bits per heavy atom. The third-order valence-electron chi connectivity index (χ3n) is 4.86. The van der Waals surface area contributed by atoms with Gasteiger partial charge in [-0.2, -0.15) is 4.31 Å². The predicted molar refractivity (Wildman–Crippen MR) is 113 cm³/mol. The van der Waals surface area contributed by atoms with Gasteiger partial charge in [0.2, 0.25) is 10.0 Å². The van der Waals surface area contributed by atoms with Crippen LogP contribution < -0.4 is 10.2 Å². The summed E-state index contributed by atoms with van der Waals surface area (Å²) >= 11 is 0. The minimum Gasteiger partial charge on any atom is -0.379 e. The van der Waals surface area contributed by atoms with E-state index in [9.17, 15) is 13.2 Å². The first-order valence-corrected chi connectivity index (χ1v) is 11.1. The lowest BCUT2D eigenvalue weighted by molar-refractivity contribution is 0.0730. The molecular weight excluding hydrogens is 390 g/mol. The standard InChI is InChI=1S/C21H27N3O4S/c1-23(19-8-3-2-4-9-19)12-6-11-22-21(25)18-7-5-10-20(17-18)29(26,27)24-13-15-28-16-14-24/h2-5,7-10,17H,6,11-16H2,1H3,(H,22,25). The molecule has 0 spiro atoms. The number of carbonyl (C=O) groups is 1. The van der Waals surface area contributed by atoms with Crippen LogP contribution in [-0.4, -0.2) is 65.1 Å². The van der Waals surface area contributed by atoms with E-state index in [1.807, 2.05) is 37.4 Å². The zero-order valence-corrected chi connectivity index (χ0v) is 17.4. The van der Waals surface area contributed by atoms with E-state index in [4.69, 9.17) is 4.74 Å². The van der Waals surface area contributed by atoms with E-state index in [1.165, 1.54) is 16.4 Å². The van der Waals surface area contributed by atoms with Crippen LogP contribution in [0.5, 0.6) is 0 Å². The number of rotatable bonds is 8. The van der Waals surface area contributed by atoms with Gasteiger partial charge >= 0.3 is 0 Å². The Balaban J connectivity index is 1.54. The summed E-state index contributed by atoms with van der Waals surface area (Å²) in [7, 11) is -1.61. The van der Waals surface area contributed by atoms with E-state index in [-0.39, 0.29) is 10.8 Å². The van der Waals surface area contributed by atoms with E-state index in [1.54, 1.807) is 12.1 Å². The van der Waals surface area contributed by atoms with Gasteiger partial charge < -0.3 is 15.0 Å². The Hall–Kier alpha value is -2.42. The molecule has 1 N–H and O–H groups in total. The van der Waals surface area contributed by atoms with Gasteiger partial charge in [0.25, 0.3) is 5.91 Å². The van der Waals surface area contributed by atoms with Gasteiger partial charge in [-0.3, -0.25) is 4.79 Å². The van der Waals surface area contributed by atoms with Crippen molar-refractivity contribution in [3.63, 3.8) is 0 Å². The van der Waals surface area contributed by atoms with Crippen molar-refractivity contribution in [2.24, 2.45) is 0 Å². The summed E-state index contributed by atoms with van der Waals surface area (Å²) in [5.41, 5.74) is 1.47. The summed E-state index contributed by atoms with van der Waals surface area (Å²) in [5.74, 6) is -0.272. The molecule has 0 bridgehead atoms. The van der Waals surface area contributed by atoms with Crippen molar-refractivity contribution in [1.82, 2.24) is 9.62 Å². The second-order valence-electron chi connectivity index (χ2n) is 6.91. The Bertz CT molecular complexity index is 913. The van der Waals surface area contributed by atoms with Crippen molar-refractivity contribution < 1.29 is 17.9 Å². The summed E-state index contributed by atoms with van der Waals surface area (Å²) in [6.45, 7) is 2.74. The van der Waals surface area contributed by atoms with E-state index in [2.05, 4.69) is 10.2 Å². The fraction of sp³-hybridized carbons (Fsp3) is 0.381. The normalized spacial score (nSPS) is 15.1. The third-order valence-corrected chi connectivity index (χ3v) is 6.75. The molecule has 7 nitrogen and oxygen atoms in total. The van der Waals surface area contributed by atoms with Crippen LogP contribution in [0.4, 0.5) is 5.69 Å². The molecule has 8 heteroatoms. The highest BCUT2D eigenvalue weighted by Crippen LogP contribution is 2.18. The molecule has 156 valence electrons. The number of hydrogen-bond acceptors (Lipinski definition) is 5. The smallest absolute Gasteiger partial charge is 0.251 e. The fourth-order valence-corrected chi connectivity index (χ4v) is 4.62. The molecular formula is C21H27N3O4S. The summed E-state index contributed by atoms with van der Waals surface area (Å²) in [6.07, 6.45) is 0.781. The van der Waals surface area contributed by atoms with Gasteiger partial charge in [0, 0.05) is 44.5 Å². The first-order chi connectivity index (χ1) is 14.0. The molecule has 2 aromatic rings. The maximum Gasteiger partial charge on any atom is 0.251 e. The number of nitrogens with zero attached hydrogens (tertiary/aromatic N) is 2. The van der Waals surface area contributed by atoms with Crippen LogP contribution in [0.1, 0.15) is 16.8 Å². The van der Waals surface area contributed by atoms with Crippen LogP contribution in [0, 0.1) is 0 Å². The predicted octanol–water partition coefficient (Wildman–Crippen LogP) is 1.96. The number of hydrogen-bond donors (Lipinski definition) is 1. The van der Waals surface area contributed by atoms with Crippen LogP contribution in [-0.2, 0) is 14.8 Å². The Kier molecular flexibility index (Phi) is 7.24. The largest absolute Gasteiger partial charge is 0.379 e. The van der Waals surface area contributed by atoms with Crippen molar-refractivity contribution in [1.29, 1.82) is 0 Å². The van der Waals surface area contributed by atoms with Gasteiger partial charge in [-0.05, 0) is 36.8 Å². The molecule has 3 rings (SSSR count). The van der Waals surface area contributed by atoms with E-state index >= 15 is 0 Å². The molecule has 0 unspecified atom stereocenters. The van der Waals surface area contributed by atoms with Crippen molar-refractivity contribution in [3.05, 3.63) is 60.2 Å². The highest BCUT2D eigenvalue weighted by Gasteiger charge is 2.26. The topological polar surface area (TPSA) is 79.0 Å². The summed E-state index contributed by atoms with van der Waals surface area (Å²) < 4.78 is 32.1. The molecule has 1 heterocycles. The molecule has 0 saturated carbocycles. The summed E-state index contributed by atoms with van der Waals surface area (Å²) in [6, 6.07) is 16.2. The quantitative estimate of drug-likeness (QED) is 0.665. The number of benzene rings is 2. The number of sulfonamides is 1. The zero-order chi connectivity index (χ0) is 20.7. The van der Waals surface area contributed by atoms with Crippen molar-refractivity contribution >= 4 is 21.6 Å². The van der Waals surface area contributed by atoms with Crippen LogP contribution in [0.25, 0.3) is 0 Å². The summed E-state index contributed by atoms with van der Waals surface area (Å²) in [4.78, 5) is 14.7. The van der Waals surface area contributed by atoms with Gasteiger partial charge in [0.05, 0.1) is 18.1 Å². The van der Waals surface area contributed by atoms with Crippen LogP contribution >= 0.6 is 0 Å². The average molecular weight is 418 g/mol. The number of carbonyl (C=O) groups excluding carboxylic acids is 1. The number of para-hydroxylation sites is 1. The number of ether oxygens (including phenoxy) is 1. The number of anilines is 1. The molecule has 1 aliphatic rings. The maximum atomic E-state index is 12.8. The first-order valence-electron chi connectivity index (χ1n) is 9.71. The number of nitrogens with one attached hydrogen (secondary N) is 1. The average Bonchev–Trinajstić information content (AvgIpc) is 2.77. The molecule has 2 aromatic carbocycles. The van der Waals surface area contributed by atoms with Gasteiger partial charge in [-0.15, -0.1) is 0 Å². The minimum absolute atomic E-state index is 0.135. The Morgan fingerprint density at radius 1 is 1.10 bits per heavy atom. The van der Waals surface area contributed by atoms with Crippen LogP contribution in [0.15, 0.2) is 59.5 Å². The highest BCUT2D eigenvalue weighted by atomic mass is 32.2. The van der Waals surface area contributed by atoms with Crippen LogP contribution in [0.2, 0.25) is 0 Å². The van der Waals surface area contributed by atoms with E-state index in [0.717, 1.165) is 18.7 Å². The fourth-order valence-electron chi connectivity index (χ4n) is 3.17. The lowest BCUT2D eigenvalue weighted by atomic mass is 10.2. The molecule has 1 fully saturated rings. The lowest BCUT2D eigenvalue weighted by Gasteiger charge is -2.26.